The lowest BCUT2D eigenvalue weighted by Crippen LogP contribution is -2.71. The largest absolute Gasteiger partial charge is 0.383 e. The number of piperazine rings is 1. The maximum absolute atomic E-state index is 5.44. The topological polar surface area (TPSA) is 24.5 Å². The first kappa shape index (κ1) is 13.8. The molecule has 3 fully saturated rings. The SMILES string of the molecule is COCC(C)N1CC2(CCCC2)NCC1(C)C1CC1. The van der Waals surface area contributed by atoms with Gasteiger partial charge in [-0.2, -0.15) is 0 Å². The molecule has 1 saturated heterocycles. The number of rotatable bonds is 4. The standard InChI is InChI=1S/C16H30N2O/c1-13(10-19-3)18-12-16(8-4-5-9-16)17-11-15(18,2)14-6-7-14/h13-14,17H,4-12H2,1-3H3. The van der Waals surface area contributed by atoms with Crippen molar-refractivity contribution in [3.8, 4) is 0 Å². The molecule has 0 amide bonds. The smallest absolute Gasteiger partial charge is 0.0615 e. The highest BCUT2D eigenvalue weighted by atomic mass is 16.5. The summed E-state index contributed by atoms with van der Waals surface area (Å²) in [6.45, 7) is 8.08. The second-order valence-corrected chi connectivity index (χ2v) is 7.40. The Morgan fingerprint density at radius 2 is 2.00 bits per heavy atom. The summed E-state index contributed by atoms with van der Waals surface area (Å²) in [5.41, 5.74) is 0.766. The first-order valence-corrected chi connectivity index (χ1v) is 8.10. The predicted octanol–water partition coefficient (Wildman–Crippen LogP) is 2.41. The van der Waals surface area contributed by atoms with Crippen molar-refractivity contribution in [2.45, 2.75) is 69.5 Å². The maximum atomic E-state index is 5.44. The maximum Gasteiger partial charge on any atom is 0.0615 e. The van der Waals surface area contributed by atoms with Crippen molar-refractivity contribution < 1.29 is 4.74 Å². The molecular weight excluding hydrogens is 236 g/mol. The van der Waals surface area contributed by atoms with Crippen LogP contribution in [-0.2, 0) is 4.74 Å². The molecule has 2 unspecified atom stereocenters. The van der Waals surface area contributed by atoms with E-state index in [1.807, 2.05) is 7.11 Å². The first-order valence-electron chi connectivity index (χ1n) is 8.10. The summed E-state index contributed by atoms with van der Waals surface area (Å²) >= 11 is 0. The Labute approximate surface area is 118 Å². The van der Waals surface area contributed by atoms with Gasteiger partial charge in [0.2, 0.25) is 0 Å². The van der Waals surface area contributed by atoms with Crippen LogP contribution >= 0.6 is 0 Å². The van der Waals surface area contributed by atoms with E-state index in [9.17, 15) is 0 Å². The highest BCUT2D eigenvalue weighted by Crippen LogP contribution is 2.47. The van der Waals surface area contributed by atoms with Gasteiger partial charge in [-0.15, -0.1) is 0 Å². The molecule has 3 nitrogen and oxygen atoms in total. The van der Waals surface area contributed by atoms with Crippen molar-refractivity contribution in [1.29, 1.82) is 0 Å². The van der Waals surface area contributed by atoms with Crippen LogP contribution in [0.15, 0.2) is 0 Å². The molecule has 2 atom stereocenters. The van der Waals surface area contributed by atoms with E-state index in [2.05, 4.69) is 24.1 Å². The second kappa shape index (κ2) is 5.01. The molecule has 0 aromatic carbocycles. The Bertz CT molecular complexity index is 323. The minimum absolute atomic E-state index is 0.353. The van der Waals surface area contributed by atoms with Gasteiger partial charge in [0.15, 0.2) is 0 Å². The van der Waals surface area contributed by atoms with Gasteiger partial charge in [0.25, 0.3) is 0 Å². The molecule has 110 valence electrons. The van der Waals surface area contributed by atoms with Crippen LogP contribution in [0.2, 0.25) is 0 Å². The molecule has 2 aliphatic carbocycles. The monoisotopic (exact) mass is 266 g/mol. The average Bonchev–Trinajstić information content (AvgIpc) is 3.16. The van der Waals surface area contributed by atoms with Crippen molar-refractivity contribution in [2.24, 2.45) is 5.92 Å². The Hall–Kier alpha value is -0.120. The fourth-order valence-electron chi connectivity index (χ4n) is 4.49. The molecule has 1 aliphatic heterocycles. The number of ether oxygens (including phenoxy) is 1. The zero-order chi connectivity index (χ0) is 13.5. The summed E-state index contributed by atoms with van der Waals surface area (Å²) in [6, 6.07) is 0.537. The molecule has 3 aliphatic rings. The third-order valence-electron chi connectivity index (χ3n) is 5.91. The lowest BCUT2D eigenvalue weighted by atomic mass is 9.82. The molecule has 0 aromatic rings. The average molecular weight is 266 g/mol. The van der Waals surface area contributed by atoms with E-state index in [0.717, 1.165) is 12.5 Å². The van der Waals surface area contributed by atoms with Crippen molar-refractivity contribution >= 4 is 0 Å². The van der Waals surface area contributed by atoms with Gasteiger partial charge in [-0.05, 0) is 45.4 Å². The van der Waals surface area contributed by atoms with Crippen molar-refractivity contribution in [3.63, 3.8) is 0 Å². The van der Waals surface area contributed by atoms with E-state index < -0.39 is 0 Å². The highest BCUT2D eigenvalue weighted by molar-refractivity contribution is 5.11. The lowest BCUT2D eigenvalue weighted by molar-refractivity contribution is -0.0437. The zero-order valence-electron chi connectivity index (χ0n) is 12.9. The molecule has 0 aromatic heterocycles. The van der Waals surface area contributed by atoms with Gasteiger partial charge in [-0.25, -0.2) is 0 Å². The number of hydrogen-bond acceptors (Lipinski definition) is 3. The summed E-state index contributed by atoms with van der Waals surface area (Å²) in [5.74, 6) is 0.901. The summed E-state index contributed by atoms with van der Waals surface area (Å²) in [5, 5.41) is 3.95. The van der Waals surface area contributed by atoms with E-state index in [0.29, 0.717) is 17.1 Å². The number of hydrogen-bond donors (Lipinski definition) is 1. The Balaban J connectivity index is 1.78. The highest BCUT2D eigenvalue weighted by Gasteiger charge is 2.53. The van der Waals surface area contributed by atoms with E-state index in [-0.39, 0.29) is 0 Å². The van der Waals surface area contributed by atoms with E-state index in [4.69, 9.17) is 4.74 Å². The van der Waals surface area contributed by atoms with Crippen LogP contribution in [0.3, 0.4) is 0 Å². The molecule has 1 heterocycles. The van der Waals surface area contributed by atoms with Crippen molar-refractivity contribution in [2.75, 3.05) is 26.8 Å². The van der Waals surface area contributed by atoms with Crippen LogP contribution in [0, 0.1) is 5.92 Å². The van der Waals surface area contributed by atoms with Gasteiger partial charge in [0.1, 0.15) is 0 Å². The number of nitrogens with zero attached hydrogens (tertiary/aromatic N) is 1. The van der Waals surface area contributed by atoms with E-state index in [1.165, 1.54) is 51.6 Å². The molecule has 3 heteroatoms. The Morgan fingerprint density at radius 3 is 2.58 bits per heavy atom. The first-order chi connectivity index (χ1) is 9.10. The van der Waals surface area contributed by atoms with Crippen LogP contribution < -0.4 is 5.32 Å². The fraction of sp³-hybridized carbons (Fsp3) is 1.00. The Kier molecular flexibility index (Phi) is 3.65. The van der Waals surface area contributed by atoms with Gasteiger partial charge in [-0.3, -0.25) is 4.90 Å². The van der Waals surface area contributed by atoms with Gasteiger partial charge in [-0.1, -0.05) is 12.8 Å². The lowest BCUT2D eigenvalue weighted by Gasteiger charge is -2.55. The van der Waals surface area contributed by atoms with Crippen LogP contribution in [0.4, 0.5) is 0 Å². The predicted molar refractivity (Wildman–Crippen MR) is 78.4 cm³/mol. The minimum atomic E-state index is 0.353. The van der Waals surface area contributed by atoms with Crippen molar-refractivity contribution in [3.05, 3.63) is 0 Å². The van der Waals surface area contributed by atoms with Crippen LogP contribution in [0.25, 0.3) is 0 Å². The summed E-state index contributed by atoms with van der Waals surface area (Å²) in [6.07, 6.45) is 8.37. The molecule has 2 saturated carbocycles. The number of methoxy groups -OCH3 is 1. The van der Waals surface area contributed by atoms with Gasteiger partial charge in [0, 0.05) is 37.3 Å². The molecule has 0 radical (unpaired) electrons. The molecule has 1 N–H and O–H groups in total. The van der Waals surface area contributed by atoms with Crippen LogP contribution in [0.1, 0.15) is 52.4 Å². The molecular formula is C16H30N2O. The fourth-order valence-corrected chi connectivity index (χ4v) is 4.49. The molecule has 1 spiro atoms. The van der Waals surface area contributed by atoms with E-state index >= 15 is 0 Å². The minimum Gasteiger partial charge on any atom is -0.383 e. The molecule has 0 bridgehead atoms. The third-order valence-corrected chi connectivity index (χ3v) is 5.91. The van der Waals surface area contributed by atoms with Crippen LogP contribution in [0.5, 0.6) is 0 Å². The van der Waals surface area contributed by atoms with Crippen LogP contribution in [-0.4, -0.2) is 48.8 Å². The number of nitrogens with one attached hydrogen (secondary N) is 1. The zero-order valence-corrected chi connectivity index (χ0v) is 12.9. The van der Waals surface area contributed by atoms with Crippen molar-refractivity contribution in [1.82, 2.24) is 10.2 Å². The van der Waals surface area contributed by atoms with E-state index in [1.54, 1.807) is 0 Å². The van der Waals surface area contributed by atoms with Gasteiger partial charge >= 0.3 is 0 Å². The molecule has 19 heavy (non-hydrogen) atoms. The summed E-state index contributed by atoms with van der Waals surface area (Å²) in [7, 11) is 1.83. The third kappa shape index (κ3) is 2.45. The normalized spacial score (nSPS) is 36.8. The van der Waals surface area contributed by atoms with Gasteiger partial charge < -0.3 is 10.1 Å². The second-order valence-electron chi connectivity index (χ2n) is 7.40. The summed E-state index contributed by atoms with van der Waals surface area (Å²) < 4.78 is 5.44. The molecule has 3 rings (SSSR count). The van der Waals surface area contributed by atoms with Gasteiger partial charge in [0.05, 0.1) is 6.61 Å². The quantitative estimate of drug-likeness (QED) is 0.845. The Morgan fingerprint density at radius 1 is 1.32 bits per heavy atom. The summed E-state index contributed by atoms with van der Waals surface area (Å²) in [4.78, 5) is 2.79.